The summed E-state index contributed by atoms with van der Waals surface area (Å²) in [5.41, 5.74) is 0.605. The molecule has 6 heteroatoms. The summed E-state index contributed by atoms with van der Waals surface area (Å²) in [6.45, 7) is 2.35. The van der Waals surface area contributed by atoms with Gasteiger partial charge < -0.3 is 19.1 Å². The number of carbonyl (C=O) groups excluding carboxylic acids is 2. The van der Waals surface area contributed by atoms with E-state index in [1.54, 1.807) is 37.1 Å². The van der Waals surface area contributed by atoms with Crippen LogP contribution in [-0.4, -0.2) is 39.2 Å². The molecule has 1 heterocycles. The Balaban J connectivity index is 2.25. The Kier molecular flexibility index (Phi) is 4.67. The van der Waals surface area contributed by atoms with Crippen LogP contribution in [0.15, 0.2) is 18.2 Å². The third-order valence-electron chi connectivity index (χ3n) is 3.42. The molecule has 1 atom stereocenters. The van der Waals surface area contributed by atoms with Crippen LogP contribution in [0.2, 0.25) is 0 Å². The van der Waals surface area contributed by atoms with Crippen molar-refractivity contribution >= 4 is 17.6 Å². The molecule has 1 aliphatic rings. The van der Waals surface area contributed by atoms with Crippen LogP contribution in [0.1, 0.15) is 13.3 Å². The van der Waals surface area contributed by atoms with E-state index in [1.807, 2.05) is 0 Å². The van der Waals surface area contributed by atoms with E-state index in [1.165, 1.54) is 7.11 Å². The molecule has 0 radical (unpaired) electrons. The third-order valence-corrected chi connectivity index (χ3v) is 3.42. The van der Waals surface area contributed by atoms with Crippen LogP contribution in [0, 0.1) is 5.92 Å². The second kappa shape index (κ2) is 6.47. The number of anilines is 1. The Labute approximate surface area is 123 Å². The molecule has 1 saturated heterocycles. The van der Waals surface area contributed by atoms with Gasteiger partial charge in [-0.25, -0.2) is 0 Å². The summed E-state index contributed by atoms with van der Waals surface area (Å²) in [4.78, 5) is 25.5. The summed E-state index contributed by atoms with van der Waals surface area (Å²) in [6.07, 6.45) is 0.152. The van der Waals surface area contributed by atoms with Crippen LogP contribution in [0.5, 0.6) is 11.5 Å². The number of ether oxygens (including phenoxy) is 3. The van der Waals surface area contributed by atoms with E-state index in [0.29, 0.717) is 30.3 Å². The number of hydrogen-bond donors (Lipinski definition) is 0. The predicted octanol–water partition coefficient (Wildman–Crippen LogP) is 1.62. The molecule has 1 aromatic rings. The number of hydrogen-bond acceptors (Lipinski definition) is 5. The highest BCUT2D eigenvalue weighted by molar-refractivity contribution is 6.00. The van der Waals surface area contributed by atoms with Crippen LogP contribution in [0.3, 0.4) is 0 Å². The van der Waals surface area contributed by atoms with Gasteiger partial charge in [-0.05, 0) is 19.1 Å². The second-order valence-corrected chi connectivity index (χ2v) is 4.70. The van der Waals surface area contributed by atoms with E-state index in [0.717, 1.165) is 0 Å². The van der Waals surface area contributed by atoms with Crippen LogP contribution < -0.4 is 14.4 Å². The molecule has 0 aliphatic carbocycles. The first-order valence-corrected chi connectivity index (χ1v) is 6.79. The molecule has 0 unspecified atom stereocenters. The second-order valence-electron chi connectivity index (χ2n) is 4.70. The van der Waals surface area contributed by atoms with Gasteiger partial charge in [0.05, 0.1) is 32.4 Å². The highest BCUT2D eigenvalue weighted by atomic mass is 16.5. The largest absolute Gasteiger partial charge is 0.497 e. The lowest BCUT2D eigenvalue weighted by Gasteiger charge is -2.20. The first-order chi connectivity index (χ1) is 10.1. The van der Waals surface area contributed by atoms with Crippen LogP contribution in [0.4, 0.5) is 5.69 Å². The molecule has 114 valence electrons. The summed E-state index contributed by atoms with van der Waals surface area (Å²) in [5.74, 6) is 0.287. The smallest absolute Gasteiger partial charge is 0.311 e. The quantitative estimate of drug-likeness (QED) is 0.772. The lowest BCUT2D eigenvalue weighted by atomic mass is 10.1. The Hall–Kier alpha value is -2.24. The topological polar surface area (TPSA) is 65.1 Å². The zero-order valence-corrected chi connectivity index (χ0v) is 12.4. The van der Waals surface area contributed by atoms with E-state index in [2.05, 4.69) is 0 Å². The van der Waals surface area contributed by atoms with Crippen LogP contribution in [0.25, 0.3) is 0 Å². The highest BCUT2D eigenvalue weighted by Crippen LogP contribution is 2.36. The molecule has 0 saturated carbocycles. The molecule has 1 aromatic carbocycles. The Morgan fingerprint density at radius 1 is 1.33 bits per heavy atom. The number of methoxy groups -OCH3 is 2. The maximum atomic E-state index is 12.2. The lowest BCUT2D eigenvalue weighted by molar-refractivity contribution is -0.147. The van der Waals surface area contributed by atoms with Crippen molar-refractivity contribution < 1.29 is 23.8 Å². The van der Waals surface area contributed by atoms with Crippen molar-refractivity contribution in [1.29, 1.82) is 0 Å². The van der Waals surface area contributed by atoms with Crippen molar-refractivity contribution in [1.82, 2.24) is 0 Å². The van der Waals surface area contributed by atoms with E-state index >= 15 is 0 Å². The fourth-order valence-corrected chi connectivity index (χ4v) is 2.37. The molecule has 1 fully saturated rings. The van der Waals surface area contributed by atoms with Crippen molar-refractivity contribution in [3.8, 4) is 11.5 Å². The standard InChI is InChI=1S/C15H19NO5/c1-4-21-15(18)10-7-14(17)16(9-10)12-8-11(19-2)5-6-13(12)20-3/h5-6,8,10H,4,7,9H2,1-3H3/t10-/m0/s1. The van der Waals surface area contributed by atoms with Crippen molar-refractivity contribution in [2.45, 2.75) is 13.3 Å². The molecule has 1 amide bonds. The van der Waals surface area contributed by atoms with Crippen molar-refractivity contribution in [3.63, 3.8) is 0 Å². The number of nitrogens with zero attached hydrogens (tertiary/aromatic N) is 1. The third kappa shape index (κ3) is 3.09. The van der Waals surface area contributed by atoms with E-state index in [9.17, 15) is 9.59 Å². The van der Waals surface area contributed by atoms with Crippen LogP contribution in [-0.2, 0) is 14.3 Å². The maximum Gasteiger partial charge on any atom is 0.311 e. The minimum atomic E-state index is -0.437. The molecular formula is C15H19NO5. The van der Waals surface area contributed by atoms with Gasteiger partial charge in [-0.2, -0.15) is 0 Å². The van der Waals surface area contributed by atoms with Gasteiger partial charge in [-0.1, -0.05) is 0 Å². The number of benzene rings is 1. The monoisotopic (exact) mass is 293 g/mol. The fourth-order valence-electron chi connectivity index (χ4n) is 2.37. The summed E-state index contributed by atoms with van der Waals surface area (Å²) in [5, 5.41) is 0. The van der Waals surface area contributed by atoms with Gasteiger partial charge in [0.25, 0.3) is 0 Å². The molecule has 0 N–H and O–H groups in total. The molecule has 1 aliphatic heterocycles. The first kappa shape index (κ1) is 15.2. The summed E-state index contributed by atoms with van der Waals surface area (Å²) >= 11 is 0. The molecular weight excluding hydrogens is 274 g/mol. The predicted molar refractivity (Wildman–Crippen MR) is 76.6 cm³/mol. The van der Waals surface area contributed by atoms with Crippen molar-refractivity contribution in [2.75, 3.05) is 32.3 Å². The van der Waals surface area contributed by atoms with Gasteiger partial charge in [-0.3, -0.25) is 9.59 Å². The molecule has 6 nitrogen and oxygen atoms in total. The van der Waals surface area contributed by atoms with Gasteiger partial charge in [-0.15, -0.1) is 0 Å². The zero-order valence-electron chi connectivity index (χ0n) is 12.4. The minimum absolute atomic E-state index is 0.125. The average molecular weight is 293 g/mol. The molecule has 0 aromatic heterocycles. The average Bonchev–Trinajstić information content (AvgIpc) is 2.88. The van der Waals surface area contributed by atoms with Crippen molar-refractivity contribution in [3.05, 3.63) is 18.2 Å². The number of amides is 1. The Bertz CT molecular complexity index is 543. The highest BCUT2D eigenvalue weighted by Gasteiger charge is 2.37. The molecule has 21 heavy (non-hydrogen) atoms. The Morgan fingerprint density at radius 3 is 2.71 bits per heavy atom. The van der Waals surface area contributed by atoms with E-state index < -0.39 is 5.92 Å². The lowest BCUT2D eigenvalue weighted by Crippen LogP contribution is -2.26. The zero-order chi connectivity index (χ0) is 15.4. The van der Waals surface area contributed by atoms with Crippen molar-refractivity contribution in [2.24, 2.45) is 5.92 Å². The van der Waals surface area contributed by atoms with Gasteiger partial charge in [0, 0.05) is 19.0 Å². The van der Waals surface area contributed by atoms with E-state index in [-0.39, 0.29) is 18.3 Å². The Morgan fingerprint density at radius 2 is 2.10 bits per heavy atom. The van der Waals surface area contributed by atoms with Gasteiger partial charge in [0.15, 0.2) is 0 Å². The SMILES string of the molecule is CCOC(=O)[C@H]1CC(=O)N(c2cc(OC)ccc2OC)C1. The first-order valence-electron chi connectivity index (χ1n) is 6.79. The number of esters is 1. The normalized spacial score (nSPS) is 17.8. The molecule has 0 bridgehead atoms. The van der Waals surface area contributed by atoms with Crippen LogP contribution >= 0.6 is 0 Å². The molecule has 0 spiro atoms. The van der Waals surface area contributed by atoms with Gasteiger partial charge in [0.1, 0.15) is 11.5 Å². The summed E-state index contributed by atoms with van der Waals surface area (Å²) in [6, 6.07) is 5.22. The minimum Gasteiger partial charge on any atom is -0.497 e. The summed E-state index contributed by atoms with van der Waals surface area (Å²) in [7, 11) is 3.09. The number of rotatable bonds is 5. The van der Waals surface area contributed by atoms with E-state index in [4.69, 9.17) is 14.2 Å². The molecule has 2 rings (SSSR count). The summed E-state index contributed by atoms with van der Waals surface area (Å²) < 4.78 is 15.4. The van der Waals surface area contributed by atoms with Gasteiger partial charge in [0.2, 0.25) is 5.91 Å². The maximum absolute atomic E-state index is 12.2. The van der Waals surface area contributed by atoms with Gasteiger partial charge >= 0.3 is 5.97 Å². The fraction of sp³-hybridized carbons (Fsp3) is 0.467. The number of carbonyl (C=O) groups is 2.